The minimum Gasteiger partial charge on any atom is -0.274 e. The molecule has 10 heteroatoms. The number of nitrogens with zero attached hydrogens (tertiary/aromatic N) is 2. The molecule has 0 saturated carbocycles. The van der Waals surface area contributed by atoms with Crippen molar-refractivity contribution in [2.24, 2.45) is 7.05 Å². The first-order chi connectivity index (χ1) is 9.63. The zero-order chi connectivity index (χ0) is 15.9. The number of aromatic nitrogens is 2. The van der Waals surface area contributed by atoms with Gasteiger partial charge in [0.25, 0.3) is 10.0 Å². The van der Waals surface area contributed by atoms with Crippen LogP contribution in [-0.2, 0) is 17.1 Å². The average molecular weight is 323 g/mol. The first-order valence-electron chi connectivity index (χ1n) is 5.49. The van der Waals surface area contributed by atoms with Gasteiger partial charge >= 0.3 is 0 Å². The third-order valence-electron chi connectivity index (χ3n) is 2.61. The van der Waals surface area contributed by atoms with Gasteiger partial charge in [0.05, 0.1) is 5.69 Å². The molecule has 0 fully saturated rings. The molecule has 0 atom stereocenters. The second-order valence-corrected chi connectivity index (χ2v) is 5.85. The number of sulfonamides is 1. The van der Waals surface area contributed by atoms with E-state index in [1.807, 2.05) is 0 Å². The number of aryl methyl sites for hydroxylation is 2. The molecule has 0 aliphatic carbocycles. The molecule has 0 unspecified atom stereocenters. The van der Waals surface area contributed by atoms with E-state index in [1.165, 1.54) is 23.4 Å². The molecule has 1 heterocycles. The van der Waals surface area contributed by atoms with Crippen LogP contribution >= 0.6 is 0 Å². The maximum absolute atomic E-state index is 13.5. The van der Waals surface area contributed by atoms with Gasteiger partial charge < -0.3 is 0 Å². The number of rotatable bonds is 3. The summed E-state index contributed by atoms with van der Waals surface area (Å²) in [4.78, 5) is -0.367. The molecule has 1 N–H and O–H groups in total. The van der Waals surface area contributed by atoms with Crippen LogP contribution in [0.15, 0.2) is 17.2 Å². The van der Waals surface area contributed by atoms with Gasteiger partial charge in [0.15, 0.2) is 23.3 Å². The molecule has 0 aliphatic heterocycles. The van der Waals surface area contributed by atoms with Crippen molar-refractivity contribution in [3.8, 4) is 0 Å². The lowest BCUT2D eigenvalue weighted by Gasteiger charge is -2.10. The van der Waals surface area contributed by atoms with Gasteiger partial charge in [-0.1, -0.05) is 0 Å². The Labute approximate surface area is 117 Å². The molecule has 5 nitrogen and oxygen atoms in total. The first-order valence-corrected chi connectivity index (χ1v) is 6.98. The molecule has 1 aromatic carbocycles. The zero-order valence-electron chi connectivity index (χ0n) is 10.8. The van der Waals surface area contributed by atoms with Crippen molar-refractivity contribution in [2.75, 3.05) is 4.72 Å². The van der Waals surface area contributed by atoms with Crippen molar-refractivity contribution in [3.63, 3.8) is 0 Å². The fourth-order valence-electron chi connectivity index (χ4n) is 1.69. The largest absolute Gasteiger partial charge is 0.274 e. The molecule has 2 aromatic rings. The number of anilines is 1. The van der Waals surface area contributed by atoms with Gasteiger partial charge in [-0.15, -0.1) is 0 Å². The summed E-state index contributed by atoms with van der Waals surface area (Å²) in [7, 11) is -3.01. The maximum Gasteiger partial charge on any atom is 0.265 e. The standard InChI is InChI=1S/C11H9F4N3O2S/c1-5-8(4-18(2)16-5)21(19,20)17-11-9(14)6(12)3-7(13)10(11)15/h3-4,17H,1-2H3. The van der Waals surface area contributed by atoms with Gasteiger partial charge in [-0.2, -0.15) is 5.10 Å². The summed E-state index contributed by atoms with van der Waals surface area (Å²) in [6.45, 7) is 1.35. The van der Waals surface area contributed by atoms with Crippen molar-refractivity contribution >= 4 is 15.7 Å². The summed E-state index contributed by atoms with van der Waals surface area (Å²) in [6, 6.07) is -0.0161. The third-order valence-corrected chi connectivity index (χ3v) is 4.06. The lowest BCUT2D eigenvalue weighted by Crippen LogP contribution is -2.17. The molecular formula is C11H9F4N3O2S. The second kappa shape index (κ2) is 5.02. The molecule has 1 aromatic heterocycles. The van der Waals surface area contributed by atoms with Crippen molar-refractivity contribution in [3.05, 3.63) is 41.2 Å². The Morgan fingerprint density at radius 3 is 2.10 bits per heavy atom. The highest BCUT2D eigenvalue weighted by Gasteiger charge is 2.26. The second-order valence-electron chi connectivity index (χ2n) is 4.20. The predicted molar refractivity (Wildman–Crippen MR) is 65.0 cm³/mol. The Balaban J connectivity index is 2.54. The molecule has 0 radical (unpaired) electrons. The van der Waals surface area contributed by atoms with Crippen LogP contribution in [0.1, 0.15) is 5.69 Å². The van der Waals surface area contributed by atoms with E-state index < -0.39 is 39.0 Å². The van der Waals surface area contributed by atoms with Crippen LogP contribution in [0.25, 0.3) is 0 Å². The zero-order valence-corrected chi connectivity index (χ0v) is 11.6. The Kier molecular flexibility index (Phi) is 3.66. The molecule has 0 spiro atoms. The minimum atomic E-state index is -4.45. The van der Waals surface area contributed by atoms with E-state index in [9.17, 15) is 26.0 Å². The van der Waals surface area contributed by atoms with Crippen LogP contribution in [0.3, 0.4) is 0 Å². The Hall–Kier alpha value is -2.10. The highest BCUT2D eigenvalue weighted by atomic mass is 32.2. The quantitative estimate of drug-likeness (QED) is 0.695. The van der Waals surface area contributed by atoms with Gasteiger partial charge in [0, 0.05) is 19.3 Å². The van der Waals surface area contributed by atoms with Gasteiger partial charge in [-0.25, -0.2) is 26.0 Å². The molecule has 0 amide bonds. The summed E-state index contributed by atoms with van der Waals surface area (Å²) < 4.78 is 79.7. The van der Waals surface area contributed by atoms with Crippen molar-refractivity contribution < 1.29 is 26.0 Å². The summed E-state index contributed by atoms with van der Waals surface area (Å²) >= 11 is 0. The van der Waals surface area contributed by atoms with Crippen LogP contribution < -0.4 is 4.72 Å². The van der Waals surface area contributed by atoms with E-state index in [0.29, 0.717) is 0 Å². The molecule has 0 bridgehead atoms. The van der Waals surface area contributed by atoms with Crippen molar-refractivity contribution in [1.82, 2.24) is 9.78 Å². The highest BCUT2D eigenvalue weighted by molar-refractivity contribution is 7.92. The van der Waals surface area contributed by atoms with E-state index in [2.05, 4.69) is 5.10 Å². The fourth-order valence-corrected chi connectivity index (χ4v) is 2.97. The average Bonchev–Trinajstić information content (AvgIpc) is 2.72. The SMILES string of the molecule is Cc1nn(C)cc1S(=O)(=O)Nc1c(F)c(F)cc(F)c1F. The van der Waals surface area contributed by atoms with Crippen LogP contribution in [0, 0.1) is 30.2 Å². The molecule has 0 saturated heterocycles. The molecule has 21 heavy (non-hydrogen) atoms. The van der Waals surface area contributed by atoms with E-state index in [1.54, 1.807) is 0 Å². The van der Waals surface area contributed by atoms with Crippen LogP contribution in [0.4, 0.5) is 23.2 Å². The number of nitrogens with one attached hydrogen (secondary N) is 1. The van der Waals surface area contributed by atoms with Crippen molar-refractivity contribution in [2.45, 2.75) is 11.8 Å². The third kappa shape index (κ3) is 2.71. The first kappa shape index (κ1) is 15.3. The predicted octanol–water partition coefficient (Wildman–Crippen LogP) is 2.09. The van der Waals surface area contributed by atoms with Gasteiger partial charge in [0.1, 0.15) is 10.6 Å². The smallest absolute Gasteiger partial charge is 0.265 e. The minimum absolute atomic E-state index is 0.0161. The Morgan fingerprint density at radius 2 is 1.67 bits per heavy atom. The molecule has 2 rings (SSSR count). The number of halogens is 4. The molecule has 0 aliphatic rings. The fraction of sp³-hybridized carbons (Fsp3) is 0.182. The van der Waals surface area contributed by atoms with E-state index >= 15 is 0 Å². The summed E-state index contributed by atoms with van der Waals surface area (Å²) in [5, 5.41) is 3.76. The van der Waals surface area contributed by atoms with Gasteiger partial charge in [-0.05, 0) is 6.92 Å². The highest BCUT2D eigenvalue weighted by Crippen LogP contribution is 2.27. The summed E-state index contributed by atoms with van der Waals surface area (Å²) in [6.07, 6.45) is 1.09. The topological polar surface area (TPSA) is 64.0 Å². The van der Waals surface area contributed by atoms with E-state index in [4.69, 9.17) is 0 Å². The Bertz CT molecular complexity index is 791. The number of benzene rings is 1. The van der Waals surface area contributed by atoms with Crippen LogP contribution in [-0.4, -0.2) is 18.2 Å². The van der Waals surface area contributed by atoms with E-state index in [0.717, 1.165) is 6.20 Å². The molecule has 114 valence electrons. The van der Waals surface area contributed by atoms with Gasteiger partial charge in [-0.3, -0.25) is 9.40 Å². The summed E-state index contributed by atoms with van der Waals surface area (Å²) in [5.74, 6) is -7.10. The lowest BCUT2D eigenvalue weighted by molar-refractivity contribution is 0.459. The number of hydrogen-bond donors (Lipinski definition) is 1. The normalized spacial score (nSPS) is 11.7. The van der Waals surface area contributed by atoms with Gasteiger partial charge in [0.2, 0.25) is 0 Å². The lowest BCUT2D eigenvalue weighted by atomic mass is 10.3. The van der Waals surface area contributed by atoms with Crippen LogP contribution in [0.5, 0.6) is 0 Å². The van der Waals surface area contributed by atoms with Crippen molar-refractivity contribution in [1.29, 1.82) is 0 Å². The maximum atomic E-state index is 13.5. The van der Waals surface area contributed by atoms with E-state index in [-0.39, 0.29) is 16.7 Å². The number of hydrogen-bond acceptors (Lipinski definition) is 3. The monoisotopic (exact) mass is 323 g/mol. The summed E-state index contributed by atoms with van der Waals surface area (Å²) in [5.41, 5.74) is -1.36. The molecular weight excluding hydrogens is 314 g/mol. The Morgan fingerprint density at radius 1 is 1.14 bits per heavy atom. The van der Waals surface area contributed by atoms with Crippen LogP contribution in [0.2, 0.25) is 0 Å².